The molecule has 0 bridgehead atoms. The third kappa shape index (κ3) is 5.91. The van der Waals surface area contributed by atoms with Gasteiger partial charge in [0, 0.05) is 89.0 Å². The topological polar surface area (TPSA) is 161 Å². The van der Waals surface area contributed by atoms with Crippen LogP contribution in [0.1, 0.15) is 58.0 Å². The fourth-order valence-electron chi connectivity index (χ4n) is 7.86. The number of hydrogen-bond acceptors (Lipinski definition) is 8. The van der Waals surface area contributed by atoms with Crippen molar-refractivity contribution in [3.63, 3.8) is 0 Å². The fraction of sp³-hybridized carbons (Fsp3) is 0.190. The number of amides is 3. The Morgan fingerprint density at radius 3 is 1.96 bits per heavy atom. The van der Waals surface area contributed by atoms with Crippen LogP contribution in [0.2, 0.25) is 0 Å². The van der Waals surface area contributed by atoms with Gasteiger partial charge in [0.05, 0.1) is 42.4 Å². The smallest absolute Gasteiger partial charge is 0.254 e. The van der Waals surface area contributed by atoms with Crippen LogP contribution in [-0.2, 0) is 49.0 Å². The number of nitrogens with one attached hydrogen (secondary N) is 3. The molecule has 0 atom stereocenters. The molecular formula is C42H35N9O5. The molecule has 0 unspecified atom stereocenters. The molecular weight excluding hydrogens is 711 g/mol. The molecule has 14 nitrogen and oxygen atoms in total. The minimum absolute atomic E-state index is 0.0379. The number of aromatic nitrogens is 6. The molecule has 7 aromatic rings. The summed E-state index contributed by atoms with van der Waals surface area (Å²) in [6.45, 7) is 5.48. The van der Waals surface area contributed by atoms with Gasteiger partial charge >= 0.3 is 0 Å². The van der Waals surface area contributed by atoms with Gasteiger partial charge in [-0.25, -0.2) is 4.98 Å². The maximum atomic E-state index is 13.8. The maximum absolute atomic E-state index is 13.8. The Bertz CT molecular complexity index is 2780. The Morgan fingerprint density at radius 1 is 0.732 bits per heavy atom. The molecule has 14 heteroatoms. The molecule has 3 aliphatic heterocycles. The number of benzene rings is 3. The van der Waals surface area contributed by atoms with Crippen molar-refractivity contribution in [2.75, 3.05) is 10.6 Å². The summed E-state index contributed by atoms with van der Waals surface area (Å²) in [5.74, 6) is 1.12. The lowest BCUT2D eigenvalue weighted by Crippen LogP contribution is -2.23. The Hall–Kier alpha value is -7.22. The zero-order valence-corrected chi connectivity index (χ0v) is 30.6. The van der Waals surface area contributed by atoms with Crippen LogP contribution >= 0.6 is 0 Å². The Kier molecular flexibility index (Phi) is 7.73. The monoisotopic (exact) mass is 745 g/mol. The molecule has 3 aliphatic rings. The first-order chi connectivity index (χ1) is 27.2. The highest BCUT2D eigenvalue weighted by Gasteiger charge is 2.31. The summed E-state index contributed by atoms with van der Waals surface area (Å²) in [5, 5.41) is 16.5. The van der Waals surface area contributed by atoms with Crippen LogP contribution in [0.15, 0.2) is 85.1 Å². The van der Waals surface area contributed by atoms with Gasteiger partial charge in [0.25, 0.3) is 5.91 Å². The number of anilines is 2. The highest BCUT2D eigenvalue weighted by atomic mass is 16.5. The number of nitrogens with zero attached hydrogens (tertiary/aromatic N) is 6. The molecule has 0 aliphatic carbocycles. The van der Waals surface area contributed by atoms with E-state index in [1.807, 2.05) is 87.1 Å². The number of carbonyl (C=O) groups excluding carboxylic acids is 3. The molecule has 0 radical (unpaired) electrons. The molecule has 56 heavy (non-hydrogen) atoms. The molecule has 0 fully saturated rings. The molecule has 3 aromatic carbocycles. The molecule has 7 heterocycles. The van der Waals surface area contributed by atoms with Gasteiger partial charge in [-0.2, -0.15) is 10.2 Å². The number of ether oxygens (including phenoxy) is 2. The minimum atomic E-state index is -0.138. The summed E-state index contributed by atoms with van der Waals surface area (Å²) in [5.41, 5.74) is 11.8. The van der Waals surface area contributed by atoms with Gasteiger partial charge in [0.1, 0.15) is 30.4 Å². The quantitative estimate of drug-likeness (QED) is 0.180. The van der Waals surface area contributed by atoms with Gasteiger partial charge in [-0.05, 0) is 48.0 Å². The highest BCUT2D eigenvalue weighted by molar-refractivity contribution is 6.00. The number of H-pyrrole nitrogens is 1. The molecule has 4 aromatic heterocycles. The average molecular weight is 746 g/mol. The van der Waals surface area contributed by atoms with Crippen LogP contribution in [-0.4, -0.2) is 52.2 Å². The van der Waals surface area contributed by atoms with Crippen molar-refractivity contribution >= 4 is 40.1 Å². The Morgan fingerprint density at radius 2 is 1.34 bits per heavy atom. The first-order valence-electron chi connectivity index (χ1n) is 18.3. The van der Waals surface area contributed by atoms with E-state index in [2.05, 4.69) is 26.7 Å². The maximum Gasteiger partial charge on any atom is 0.254 e. The minimum Gasteiger partial charge on any atom is -0.487 e. The first-order valence-corrected chi connectivity index (χ1v) is 18.3. The van der Waals surface area contributed by atoms with Crippen molar-refractivity contribution in [3.8, 4) is 34.0 Å². The van der Waals surface area contributed by atoms with E-state index in [9.17, 15) is 14.4 Å². The summed E-state index contributed by atoms with van der Waals surface area (Å²) in [4.78, 5) is 46.8. The van der Waals surface area contributed by atoms with Gasteiger partial charge in [0.15, 0.2) is 0 Å². The molecule has 10 rings (SSSR count). The van der Waals surface area contributed by atoms with Crippen molar-refractivity contribution in [2.24, 2.45) is 0 Å². The zero-order valence-electron chi connectivity index (χ0n) is 30.6. The number of carbonyl (C=O) groups is 3. The van der Waals surface area contributed by atoms with Crippen LogP contribution < -0.4 is 20.1 Å². The van der Waals surface area contributed by atoms with Gasteiger partial charge in [-0.1, -0.05) is 24.3 Å². The second-order valence-corrected chi connectivity index (χ2v) is 14.4. The van der Waals surface area contributed by atoms with E-state index in [0.717, 1.165) is 67.4 Å². The third-order valence-corrected chi connectivity index (χ3v) is 10.4. The number of pyridine rings is 1. The number of rotatable bonds is 6. The van der Waals surface area contributed by atoms with E-state index < -0.39 is 0 Å². The summed E-state index contributed by atoms with van der Waals surface area (Å²) >= 11 is 0. The predicted molar refractivity (Wildman–Crippen MR) is 207 cm³/mol. The first kappa shape index (κ1) is 33.4. The lowest BCUT2D eigenvalue weighted by Gasteiger charge is -2.14. The summed E-state index contributed by atoms with van der Waals surface area (Å²) in [6, 6.07) is 25.2. The molecule has 278 valence electrons. The van der Waals surface area contributed by atoms with Crippen LogP contribution in [0.25, 0.3) is 33.5 Å². The van der Waals surface area contributed by atoms with Crippen molar-refractivity contribution in [3.05, 3.63) is 124 Å². The van der Waals surface area contributed by atoms with Crippen LogP contribution in [0, 0.1) is 0 Å². The number of aromatic amines is 1. The van der Waals surface area contributed by atoms with E-state index in [1.165, 1.54) is 13.8 Å². The lowest BCUT2D eigenvalue weighted by atomic mass is 10.0. The van der Waals surface area contributed by atoms with Crippen molar-refractivity contribution in [1.82, 2.24) is 34.4 Å². The second-order valence-electron chi connectivity index (χ2n) is 14.4. The van der Waals surface area contributed by atoms with E-state index in [1.54, 1.807) is 6.20 Å². The van der Waals surface area contributed by atoms with Crippen molar-refractivity contribution in [2.45, 2.75) is 53.2 Å². The second kappa shape index (κ2) is 13.0. The molecule has 3 N–H and O–H groups in total. The lowest BCUT2D eigenvalue weighted by molar-refractivity contribution is -0.115. The summed E-state index contributed by atoms with van der Waals surface area (Å²) in [7, 11) is 0. The normalized spacial score (nSPS) is 14.0. The Labute approximate surface area is 320 Å². The van der Waals surface area contributed by atoms with E-state index >= 15 is 0 Å². The highest BCUT2D eigenvalue weighted by Crippen LogP contribution is 2.37. The van der Waals surface area contributed by atoms with Gasteiger partial charge in [-0.15, -0.1) is 0 Å². The van der Waals surface area contributed by atoms with E-state index in [0.29, 0.717) is 67.7 Å². The number of hydrogen-bond donors (Lipinski definition) is 3. The largest absolute Gasteiger partial charge is 0.487 e. The third-order valence-electron chi connectivity index (χ3n) is 10.4. The van der Waals surface area contributed by atoms with Crippen molar-refractivity contribution in [1.29, 1.82) is 0 Å². The molecule has 0 saturated carbocycles. The van der Waals surface area contributed by atoms with Crippen LogP contribution in [0.3, 0.4) is 0 Å². The van der Waals surface area contributed by atoms with Gasteiger partial charge < -0.3 is 30.0 Å². The van der Waals surface area contributed by atoms with Crippen LogP contribution in [0.5, 0.6) is 11.5 Å². The fourth-order valence-corrected chi connectivity index (χ4v) is 7.86. The van der Waals surface area contributed by atoms with Crippen molar-refractivity contribution < 1.29 is 23.9 Å². The van der Waals surface area contributed by atoms with Gasteiger partial charge in [0.2, 0.25) is 11.8 Å². The van der Waals surface area contributed by atoms with Crippen LogP contribution in [0.4, 0.5) is 11.4 Å². The zero-order chi connectivity index (χ0) is 38.1. The predicted octanol–water partition coefficient (Wildman–Crippen LogP) is 6.24. The molecule has 0 saturated heterocycles. The average Bonchev–Trinajstić information content (AvgIpc) is 3.91. The van der Waals surface area contributed by atoms with E-state index in [-0.39, 0.29) is 17.7 Å². The standard InChI is InChI=1S/C42H35N9O5/c1-23(52)44-27-8-6-25-17-50-30(21-55-39(25)13-27)15-37(47-50)32-4-3-5-34-36(32)20-49(42(34)54)19-29-12-35-33(10-11-43-41(35)46-29)38-16-31-22-56-40-14-28(45-24(2)53)9-7-26(40)18-51(31)48-38/h3-16H,17-22H2,1-2H3,(H,43,46)(H,44,52)(H,45,53). The van der Waals surface area contributed by atoms with Gasteiger partial charge in [-0.3, -0.25) is 23.7 Å². The summed E-state index contributed by atoms with van der Waals surface area (Å²) < 4.78 is 16.2. The Balaban J connectivity index is 0.880. The molecule has 0 spiro atoms. The number of fused-ring (bicyclic) bond motifs is 6. The SMILES string of the molecule is CC(=O)Nc1ccc2c(c1)OCc1cc(-c3cccc4c3CN(Cc3cc5c(-c6cc7n(n6)Cc6ccc(NC(C)=O)cc6OC7)ccnc5[nH]3)C4=O)nn1C2. The summed E-state index contributed by atoms with van der Waals surface area (Å²) in [6.07, 6.45) is 1.76. The van der Waals surface area contributed by atoms with E-state index in [4.69, 9.17) is 19.7 Å². The molecule has 3 amide bonds.